The molecule has 1 aromatic carbocycles. The molecule has 2 aromatic heterocycles. The highest BCUT2D eigenvalue weighted by Crippen LogP contribution is 2.28. The van der Waals surface area contributed by atoms with Crippen LogP contribution >= 0.6 is 0 Å². The Morgan fingerprint density at radius 1 is 0.970 bits per heavy atom. The number of piperidine rings is 2. The Morgan fingerprint density at radius 2 is 1.70 bits per heavy atom. The third-order valence-electron chi connectivity index (χ3n) is 7.23. The number of likely N-dealkylation sites (tertiary alicyclic amines) is 2. The van der Waals surface area contributed by atoms with Gasteiger partial charge >= 0.3 is 5.69 Å². The third-order valence-corrected chi connectivity index (χ3v) is 7.23. The molecule has 2 aliphatic rings. The van der Waals surface area contributed by atoms with Crippen molar-refractivity contribution in [3.8, 4) is 0 Å². The van der Waals surface area contributed by atoms with Crippen LogP contribution in [0.4, 0.5) is 0 Å². The number of furan rings is 1. The summed E-state index contributed by atoms with van der Waals surface area (Å²) in [6.07, 6.45) is 5.01. The number of carbonyl (C=O) groups excluding carboxylic acids is 1. The van der Waals surface area contributed by atoms with Gasteiger partial charge in [-0.2, -0.15) is 0 Å². The number of rotatable bonds is 6. The van der Waals surface area contributed by atoms with Gasteiger partial charge in [0.05, 0.1) is 37.0 Å². The molecule has 1 amide bonds. The molecule has 4 heterocycles. The monoisotopic (exact) mass is 452 g/mol. The van der Waals surface area contributed by atoms with E-state index in [1.807, 2.05) is 45.9 Å². The zero-order chi connectivity index (χ0) is 22.8. The Labute approximate surface area is 193 Å². The summed E-state index contributed by atoms with van der Waals surface area (Å²) in [5, 5.41) is 9.40. The van der Waals surface area contributed by atoms with Gasteiger partial charge in [-0.25, -0.2) is 4.79 Å². The number of hydrogen-bond acceptors (Lipinski definition) is 5. The summed E-state index contributed by atoms with van der Waals surface area (Å²) < 4.78 is 8.98. The molecule has 176 valence electrons. The smallest absolute Gasteiger partial charge is 0.329 e. The average Bonchev–Trinajstić information content (AvgIpc) is 3.46. The highest BCUT2D eigenvalue weighted by molar-refractivity contribution is 5.79. The van der Waals surface area contributed by atoms with E-state index in [2.05, 4.69) is 4.90 Å². The molecule has 2 saturated heterocycles. The van der Waals surface area contributed by atoms with E-state index in [1.54, 1.807) is 10.8 Å². The molecule has 2 fully saturated rings. The zero-order valence-electron chi connectivity index (χ0n) is 18.9. The minimum Gasteiger partial charge on any atom is -0.468 e. The van der Waals surface area contributed by atoms with Crippen LogP contribution in [0.2, 0.25) is 0 Å². The standard InChI is InChI=1S/C25H32N4O4/c30-16-15-28-22-5-1-2-6-23(22)29(25(28)32)20-9-13-27(14-10-20)24(31)19-7-11-26(12-8-19)18-21-4-3-17-33-21/h1-6,17,19-20,30H,7-16,18H2. The van der Waals surface area contributed by atoms with Crippen LogP contribution in [0.15, 0.2) is 51.9 Å². The highest BCUT2D eigenvalue weighted by atomic mass is 16.3. The van der Waals surface area contributed by atoms with Gasteiger partial charge in [0.1, 0.15) is 5.76 Å². The summed E-state index contributed by atoms with van der Waals surface area (Å²) in [5.41, 5.74) is 1.69. The number of aliphatic hydroxyl groups excluding tert-OH is 1. The summed E-state index contributed by atoms with van der Waals surface area (Å²) in [5.74, 6) is 1.32. The lowest BCUT2D eigenvalue weighted by molar-refractivity contribution is -0.138. The molecule has 0 aliphatic carbocycles. The van der Waals surface area contributed by atoms with Crippen LogP contribution < -0.4 is 5.69 Å². The lowest BCUT2D eigenvalue weighted by atomic mass is 9.93. The fourth-order valence-corrected chi connectivity index (χ4v) is 5.46. The van der Waals surface area contributed by atoms with E-state index >= 15 is 0 Å². The molecule has 0 bridgehead atoms. The van der Waals surface area contributed by atoms with Crippen molar-refractivity contribution in [1.82, 2.24) is 18.9 Å². The highest BCUT2D eigenvalue weighted by Gasteiger charge is 2.32. The maximum Gasteiger partial charge on any atom is 0.329 e. The van der Waals surface area contributed by atoms with E-state index in [4.69, 9.17) is 4.42 Å². The predicted octanol–water partition coefficient (Wildman–Crippen LogP) is 2.46. The fourth-order valence-electron chi connectivity index (χ4n) is 5.46. The number of fused-ring (bicyclic) bond motifs is 1. The van der Waals surface area contributed by atoms with Crippen LogP contribution in [-0.2, 0) is 17.9 Å². The molecule has 3 aromatic rings. The quantitative estimate of drug-likeness (QED) is 0.621. The van der Waals surface area contributed by atoms with Gasteiger partial charge in [-0.05, 0) is 63.0 Å². The molecule has 0 spiro atoms. The second kappa shape index (κ2) is 9.57. The molecular weight excluding hydrogens is 420 g/mol. The number of aromatic nitrogens is 2. The first-order valence-electron chi connectivity index (χ1n) is 12.0. The lowest BCUT2D eigenvalue weighted by Crippen LogP contribution is -2.46. The zero-order valence-corrected chi connectivity index (χ0v) is 18.9. The van der Waals surface area contributed by atoms with Gasteiger partial charge in [0, 0.05) is 25.0 Å². The fraction of sp³-hybridized carbons (Fsp3) is 0.520. The first-order chi connectivity index (χ1) is 16.2. The summed E-state index contributed by atoms with van der Waals surface area (Å²) in [6.45, 7) is 4.21. The summed E-state index contributed by atoms with van der Waals surface area (Å²) in [4.78, 5) is 30.6. The number of carbonyl (C=O) groups is 1. The Hall–Kier alpha value is -2.84. The van der Waals surface area contributed by atoms with Crippen LogP contribution in [-0.4, -0.2) is 62.7 Å². The van der Waals surface area contributed by atoms with Crippen LogP contribution in [0.25, 0.3) is 11.0 Å². The molecule has 0 radical (unpaired) electrons. The number of imidazole rings is 1. The topological polar surface area (TPSA) is 83.9 Å². The van der Waals surface area contributed by atoms with Gasteiger partial charge in [0.15, 0.2) is 0 Å². The number of benzene rings is 1. The van der Waals surface area contributed by atoms with Gasteiger partial charge in [-0.3, -0.25) is 18.8 Å². The van der Waals surface area contributed by atoms with Crippen LogP contribution in [0.5, 0.6) is 0 Å². The summed E-state index contributed by atoms with van der Waals surface area (Å²) in [6, 6.07) is 11.7. The molecule has 0 atom stereocenters. The number of amides is 1. The average molecular weight is 453 g/mol. The van der Waals surface area contributed by atoms with E-state index in [1.165, 1.54) is 0 Å². The SMILES string of the molecule is O=C(C1CCN(Cc2ccco2)CC1)N1CCC(n2c(=O)n(CCO)c3ccccc32)CC1. The minimum absolute atomic E-state index is 0.0683. The van der Waals surface area contributed by atoms with Crippen molar-refractivity contribution < 1.29 is 14.3 Å². The molecule has 0 unspecified atom stereocenters. The molecular formula is C25H32N4O4. The maximum atomic E-state index is 13.2. The van der Waals surface area contributed by atoms with Crippen molar-refractivity contribution in [2.75, 3.05) is 32.8 Å². The van der Waals surface area contributed by atoms with Gasteiger partial charge in [-0.1, -0.05) is 12.1 Å². The molecule has 0 saturated carbocycles. The van der Waals surface area contributed by atoms with E-state index in [-0.39, 0.29) is 30.2 Å². The van der Waals surface area contributed by atoms with Crippen molar-refractivity contribution in [3.63, 3.8) is 0 Å². The van der Waals surface area contributed by atoms with Crippen molar-refractivity contribution >= 4 is 16.9 Å². The molecule has 8 heteroatoms. The van der Waals surface area contributed by atoms with Crippen LogP contribution in [0, 0.1) is 5.92 Å². The third kappa shape index (κ3) is 4.37. The van der Waals surface area contributed by atoms with Gasteiger partial charge in [0.2, 0.25) is 5.91 Å². The normalized spacial score (nSPS) is 18.9. The summed E-state index contributed by atoms with van der Waals surface area (Å²) in [7, 11) is 0. The Balaban J connectivity index is 1.20. The molecule has 8 nitrogen and oxygen atoms in total. The van der Waals surface area contributed by atoms with Crippen LogP contribution in [0.1, 0.15) is 37.5 Å². The van der Waals surface area contributed by atoms with Crippen molar-refractivity contribution in [3.05, 3.63) is 58.9 Å². The second-order valence-corrected chi connectivity index (χ2v) is 9.20. The van der Waals surface area contributed by atoms with Crippen molar-refractivity contribution in [2.45, 2.75) is 44.8 Å². The van der Waals surface area contributed by atoms with Gasteiger partial charge in [-0.15, -0.1) is 0 Å². The van der Waals surface area contributed by atoms with Gasteiger partial charge in [0.25, 0.3) is 0 Å². The van der Waals surface area contributed by atoms with Gasteiger partial charge < -0.3 is 14.4 Å². The largest absolute Gasteiger partial charge is 0.468 e. The minimum atomic E-state index is -0.0704. The Kier molecular flexibility index (Phi) is 6.37. The Morgan fingerprint density at radius 3 is 2.36 bits per heavy atom. The molecule has 5 rings (SSSR count). The van der Waals surface area contributed by atoms with E-state index in [9.17, 15) is 14.7 Å². The number of hydrogen-bond donors (Lipinski definition) is 1. The molecule has 33 heavy (non-hydrogen) atoms. The number of para-hydroxylation sites is 2. The number of aliphatic hydroxyl groups is 1. The molecule has 2 aliphatic heterocycles. The first kappa shape index (κ1) is 22.0. The lowest BCUT2D eigenvalue weighted by Gasteiger charge is -2.37. The summed E-state index contributed by atoms with van der Waals surface area (Å²) >= 11 is 0. The van der Waals surface area contributed by atoms with E-state index in [0.29, 0.717) is 19.6 Å². The van der Waals surface area contributed by atoms with Crippen molar-refractivity contribution in [2.24, 2.45) is 5.92 Å². The van der Waals surface area contributed by atoms with E-state index < -0.39 is 0 Å². The second-order valence-electron chi connectivity index (χ2n) is 9.20. The Bertz CT molecular complexity index is 1130. The molecule has 1 N–H and O–H groups in total. The predicted molar refractivity (Wildman–Crippen MR) is 125 cm³/mol. The van der Waals surface area contributed by atoms with Crippen molar-refractivity contribution in [1.29, 1.82) is 0 Å². The number of nitrogens with zero attached hydrogens (tertiary/aromatic N) is 4. The maximum absolute atomic E-state index is 13.2. The van der Waals surface area contributed by atoms with Crippen LogP contribution in [0.3, 0.4) is 0 Å². The first-order valence-corrected chi connectivity index (χ1v) is 12.0. The van der Waals surface area contributed by atoms with E-state index in [0.717, 1.165) is 62.1 Å².